The third-order valence-corrected chi connectivity index (χ3v) is 3.04. The van der Waals surface area contributed by atoms with Gasteiger partial charge < -0.3 is 10.1 Å². The van der Waals surface area contributed by atoms with Gasteiger partial charge in [0.2, 0.25) is 5.91 Å². The third kappa shape index (κ3) is 5.75. The molecule has 2 aromatic rings. The topological polar surface area (TPSA) is 51.2 Å². The molecule has 126 valence electrons. The number of rotatable bonds is 5. The maximum Gasteiger partial charge on any atom is 0.573 e. The van der Waals surface area contributed by atoms with Crippen molar-refractivity contribution in [2.75, 3.05) is 0 Å². The summed E-state index contributed by atoms with van der Waals surface area (Å²) in [5.41, 5.74) is 1.12. The molecule has 1 heterocycles. The Morgan fingerprint density at radius 2 is 2.04 bits per heavy atom. The zero-order valence-electron chi connectivity index (χ0n) is 12.7. The van der Waals surface area contributed by atoms with Crippen LogP contribution in [0.4, 0.5) is 13.2 Å². The van der Waals surface area contributed by atoms with Crippen LogP contribution in [0.2, 0.25) is 0 Å². The lowest BCUT2D eigenvalue weighted by atomic mass is 10.1. The van der Waals surface area contributed by atoms with Gasteiger partial charge in [-0.05, 0) is 42.8 Å². The summed E-state index contributed by atoms with van der Waals surface area (Å²) in [6, 6.07) is 10.3. The molecule has 0 saturated carbocycles. The Labute approximate surface area is 137 Å². The first-order valence-corrected chi connectivity index (χ1v) is 7.09. The highest BCUT2D eigenvalue weighted by atomic mass is 19.4. The lowest BCUT2D eigenvalue weighted by Gasteiger charge is -2.15. The number of amides is 1. The predicted octanol–water partition coefficient (Wildman–Crippen LogP) is 3.87. The van der Waals surface area contributed by atoms with Gasteiger partial charge in [-0.3, -0.25) is 9.78 Å². The Morgan fingerprint density at radius 3 is 2.71 bits per heavy atom. The SMILES string of the molecule is CC(NC(=O)C=Cc1ccccn1)c1cccc(OC(F)(F)F)c1. The second-order valence-corrected chi connectivity index (χ2v) is 4.94. The fourth-order valence-electron chi connectivity index (χ4n) is 1.96. The van der Waals surface area contributed by atoms with E-state index in [0.717, 1.165) is 0 Å². The minimum Gasteiger partial charge on any atom is -0.406 e. The third-order valence-electron chi connectivity index (χ3n) is 3.04. The molecular formula is C17H15F3N2O2. The van der Waals surface area contributed by atoms with Gasteiger partial charge in [0.25, 0.3) is 0 Å². The number of carbonyl (C=O) groups is 1. The van der Waals surface area contributed by atoms with Gasteiger partial charge in [0.15, 0.2) is 0 Å². The molecule has 0 aliphatic rings. The van der Waals surface area contributed by atoms with Gasteiger partial charge in [-0.15, -0.1) is 13.2 Å². The van der Waals surface area contributed by atoms with Crippen LogP contribution >= 0.6 is 0 Å². The maximum atomic E-state index is 12.2. The number of benzene rings is 1. The van der Waals surface area contributed by atoms with Gasteiger partial charge in [0.1, 0.15) is 5.75 Å². The Hall–Kier alpha value is -2.83. The summed E-state index contributed by atoms with van der Waals surface area (Å²) in [4.78, 5) is 15.9. The number of nitrogens with one attached hydrogen (secondary N) is 1. The molecule has 1 N–H and O–H groups in total. The summed E-state index contributed by atoms with van der Waals surface area (Å²) in [6.07, 6.45) is -0.289. The van der Waals surface area contributed by atoms with E-state index in [2.05, 4.69) is 15.0 Å². The first-order chi connectivity index (χ1) is 11.3. The van der Waals surface area contributed by atoms with E-state index in [0.29, 0.717) is 11.3 Å². The van der Waals surface area contributed by atoms with Crippen LogP contribution < -0.4 is 10.1 Å². The highest BCUT2D eigenvalue weighted by Crippen LogP contribution is 2.25. The fraction of sp³-hybridized carbons (Fsp3) is 0.176. The second-order valence-electron chi connectivity index (χ2n) is 4.94. The van der Waals surface area contributed by atoms with Crippen molar-refractivity contribution in [2.45, 2.75) is 19.3 Å². The summed E-state index contributed by atoms with van der Waals surface area (Å²) in [6.45, 7) is 1.67. The average Bonchev–Trinajstić information content (AvgIpc) is 2.52. The van der Waals surface area contributed by atoms with Crippen LogP contribution in [0.25, 0.3) is 6.08 Å². The van der Waals surface area contributed by atoms with Crippen molar-refractivity contribution in [1.29, 1.82) is 0 Å². The van der Waals surface area contributed by atoms with Crippen LogP contribution in [-0.2, 0) is 4.79 Å². The van der Waals surface area contributed by atoms with Crippen LogP contribution in [0.15, 0.2) is 54.7 Å². The molecule has 0 saturated heterocycles. The Balaban J connectivity index is 1.99. The number of carbonyl (C=O) groups excluding carboxylic acids is 1. The minimum atomic E-state index is -4.75. The zero-order chi connectivity index (χ0) is 17.6. The van der Waals surface area contributed by atoms with Crippen LogP contribution in [0.5, 0.6) is 5.75 Å². The standard InChI is InChI=1S/C17H15F3N2O2/c1-12(13-5-4-7-15(11-13)24-17(18,19)20)22-16(23)9-8-14-6-2-3-10-21-14/h2-12H,1H3,(H,22,23). The summed E-state index contributed by atoms with van der Waals surface area (Å²) in [5.74, 6) is -0.708. The monoisotopic (exact) mass is 336 g/mol. The van der Waals surface area contributed by atoms with Crippen molar-refractivity contribution >= 4 is 12.0 Å². The number of nitrogens with zero attached hydrogens (tertiary/aromatic N) is 1. The molecule has 0 radical (unpaired) electrons. The number of aromatic nitrogens is 1. The molecule has 24 heavy (non-hydrogen) atoms. The molecule has 2 rings (SSSR count). The smallest absolute Gasteiger partial charge is 0.406 e. The van der Waals surface area contributed by atoms with Gasteiger partial charge in [0, 0.05) is 12.3 Å². The molecule has 0 aliphatic carbocycles. The zero-order valence-corrected chi connectivity index (χ0v) is 12.7. The molecule has 1 aromatic heterocycles. The van der Waals surface area contributed by atoms with Gasteiger partial charge >= 0.3 is 6.36 Å². The van der Waals surface area contributed by atoms with E-state index >= 15 is 0 Å². The summed E-state index contributed by atoms with van der Waals surface area (Å²) in [7, 11) is 0. The Bertz CT molecular complexity index is 715. The summed E-state index contributed by atoms with van der Waals surface area (Å²) >= 11 is 0. The summed E-state index contributed by atoms with van der Waals surface area (Å²) < 4.78 is 40.6. The van der Waals surface area contributed by atoms with E-state index in [1.165, 1.54) is 24.3 Å². The molecule has 1 aromatic carbocycles. The van der Waals surface area contributed by atoms with Crippen molar-refractivity contribution in [3.63, 3.8) is 0 Å². The van der Waals surface area contributed by atoms with E-state index in [1.54, 1.807) is 43.5 Å². The number of alkyl halides is 3. The quantitative estimate of drug-likeness (QED) is 0.843. The van der Waals surface area contributed by atoms with Crippen molar-refractivity contribution in [2.24, 2.45) is 0 Å². The Morgan fingerprint density at radius 1 is 1.25 bits per heavy atom. The number of hydrogen-bond acceptors (Lipinski definition) is 3. The van der Waals surface area contributed by atoms with Crippen LogP contribution in [0.1, 0.15) is 24.2 Å². The molecule has 1 unspecified atom stereocenters. The van der Waals surface area contributed by atoms with Crippen molar-refractivity contribution in [1.82, 2.24) is 10.3 Å². The van der Waals surface area contributed by atoms with Crippen molar-refractivity contribution in [3.8, 4) is 5.75 Å². The van der Waals surface area contributed by atoms with Gasteiger partial charge in [0.05, 0.1) is 11.7 Å². The van der Waals surface area contributed by atoms with E-state index in [4.69, 9.17) is 0 Å². The largest absolute Gasteiger partial charge is 0.573 e. The van der Waals surface area contributed by atoms with Crippen LogP contribution in [0.3, 0.4) is 0 Å². The lowest BCUT2D eigenvalue weighted by Crippen LogP contribution is -2.24. The molecule has 0 bridgehead atoms. The Kier molecular flexibility index (Phi) is 5.57. The maximum absolute atomic E-state index is 12.2. The first-order valence-electron chi connectivity index (χ1n) is 7.09. The van der Waals surface area contributed by atoms with Gasteiger partial charge in [-0.25, -0.2) is 0 Å². The molecular weight excluding hydrogens is 321 g/mol. The van der Waals surface area contributed by atoms with E-state index in [-0.39, 0.29) is 11.7 Å². The number of halogens is 3. The second kappa shape index (κ2) is 7.63. The number of hydrogen-bond donors (Lipinski definition) is 1. The normalized spacial score (nSPS) is 12.8. The molecule has 0 spiro atoms. The van der Waals surface area contributed by atoms with Gasteiger partial charge in [-0.1, -0.05) is 18.2 Å². The highest BCUT2D eigenvalue weighted by molar-refractivity contribution is 5.91. The molecule has 0 fully saturated rings. The molecule has 7 heteroatoms. The fourth-order valence-corrected chi connectivity index (χ4v) is 1.96. The minimum absolute atomic E-state index is 0.329. The van der Waals surface area contributed by atoms with Crippen molar-refractivity contribution < 1.29 is 22.7 Å². The van der Waals surface area contributed by atoms with E-state index < -0.39 is 12.4 Å². The lowest BCUT2D eigenvalue weighted by molar-refractivity contribution is -0.274. The number of ether oxygens (including phenoxy) is 1. The molecule has 4 nitrogen and oxygen atoms in total. The van der Waals surface area contributed by atoms with E-state index in [1.807, 2.05) is 0 Å². The first kappa shape index (κ1) is 17.5. The molecule has 1 atom stereocenters. The van der Waals surface area contributed by atoms with Crippen LogP contribution in [-0.4, -0.2) is 17.3 Å². The summed E-state index contributed by atoms with van der Waals surface area (Å²) in [5, 5.41) is 2.67. The van der Waals surface area contributed by atoms with Crippen molar-refractivity contribution in [3.05, 3.63) is 66.0 Å². The average molecular weight is 336 g/mol. The van der Waals surface area contributed by atoms with Crippen LogP contribution in [0, 0.1) is 0 Å². The number of pyridine rings is 1. The van der Waals surface area contributed by atoms with Gasteiger partial charge in [-0.2, -0.15) is 0 Å². The molecule has 1 amide bonds. The predicted molar refractivity (Wildman–Crippen MR) is 83.0 cm³/mol. The highest BCUT2D eigenvalue weighted by Gasteiger charge is 2.31. The molecule has 0 aliphatic heterocycles. The van der Waals surface area contributed by atoms with E-state index in [9.17, 15) is 18.0 Å².